The van der Waals surface area contributed by atoms with E-state index in [-0.39, 0.29) is 35.0 Å². The Morgan fingerprint density at radius 1 is 1.14 bits per heavy atom. The van der Waals surface area contributed by atoms with Gasteiger partial charge in [-0.1, -0.05) is 30.1 Å². The molecule has 196 valence electrons. The van der Waals surface area contributed by atoms with Gasteiger partial charge in [0.15, 0.2) is 9.84 Å². The van der Waals surface area contributed by atoms with Gasteiger partial charge in [0.05, 0.1) is 32.9 Å². The molecule has 2 aromatic carbocycles. The number of rotatable bonds is 6. The molecule has 0 saturated carbocycles. The van der Waals surface area contributed by atoms with E-state index in [1.54, 1.807) is 35.2 Å². The number of nitrogens with zero attached hydrogens (tertiary/aromatic N) is 3. The molecule has 2 heterocycles. The molecular weight excluding hydrogens is 535 g/mol. The highest BCUT2D eigenvalue weighted by Gasteiger charge is 2.33. The van der Waals surface area contributed by atoms with Crippen molar-refractivity contribution in [2.24, 2.45) is 0 Å². The van der Waals surface area contributed by atoms with E-state index in [4.69, 9.17) is 28.2 Å². The van der Waals surface area contributed by atoms with Gasteiger partial charge >= 0.3 is 0 Å². The van der Waals surface area contributed by atoms with Crippen molar-refractivity contribution in [3.63, 3.8) is 0 Å². The first-order valence-electron chi connectivity index (χ1n) is 11.9. The SMILES string of the molecule is CC[C@@H]1Cc2c(nc(NC(C)C)n(-c3ccc(S(C)(=O)=O)cc3)c2=O)CN1C(=O)c1ccc(Cl)c(Cl)c1. The van der Waals surface area contributed by atoms with Crippen LogP contribution in [-0.4, -0.2) is 47.1 Å². The van der Waals surface area contributed by atoms with E-state index in [9.17, 15) is 18.0 Å². The van der Waals surface area contributed by atoms with Gasteiger partial charge in [-0.25, -0.2) is 18.0 Å². The molecule has 3 aromatic rings. The van der Waals surface area contributed by atoms with Crippen LogP contribution in [0.4, 0.5) is 5.95 Å². The third kappa shape index (κ3) is 5.54. The Balaban J connectivity index is 1.80. The number of nitrogens with one attached hydrogen (secondary N) is 1. The standard InChI is InChI=1S/C26H28Cl2N4O4S/c1-5-17-13-20-23(14-31(17)24(33)16-6-11-21(27)22(28)12-16)30-26(29-15(2)3)32(25(20)34)18-7-9-19(10-8-18)37(4,35)36/h6-12,15,17H,5,13-14H2,1-4H3,(H,29,30)/t17-/m1/s1. The monoisotopic (exact) mass is 562 g/mol. The van der Waals surface area contributed by atoms with Gasteiger partial charge in [-0.2, -0.15) is 0 Å². The van der Waals surface area contributed by atoms with Crippen molar-refractivity contribution in [2.45, 2.75) is 57.1 Å². The summed E-state index contributed by atoms with van der Waals surface area (Å²) < 4.78 is 25.3. The van der Waals surface area contributed by atoms with Crippen LogP contribution in [0.5, 0.6) is 0 Å². The second-order valence-electron chi connectivity index (χ2n) is 9.39. The predicted octanol–water partition coefficient (Wildman–Crippen LogP) is 4.74. The highest BCUT2D eigenvalue weighted by molar-refractivity contribution is 7.90. The summed E-state index contributed by atoms with van der Waals surface area (Å²) >= 11 is 12.2. The van der Waals surface area contributed by atoms with E-state index < -0.39 is 9.84 Å². The maximum atomic E-state index is 13.8. The summed E-state index contributed by atoms with van der Waals surface area (Å²) in [5.74, 6) is 0.111. The van der Waals surface area contributed by atoms with E-state index in [1.165, 1.54) is 16.7 Å². The van der Waals surface area contributed by atoms with Gasteiger partial charge in [-0.3, -0.25) is 9.59 Å². The summed E-state index contributed by atoms with van der Waals surface area (Å²) in [5, 5.41) is 3.88. The predicted molar refractivity (Wildman–Crippen MR) is 146 cm³/mol. The second-order valence-corrected chi connectivity index (χ2v) is 12.2. The fourth-order valence-electron chi connectivity index (χ4n) is 4.41. The molecule has 0 unspecified atom stereocenters. The second kappa shape index (κ2) is 10.5. The zero-order valence-corrected chi connectivity index (χ0v) is 23.3. The Kier molecular flexibility index (Phi) is 7.69. The molecule has 0 saturated heterocycles. The molecule has 0 spiro atoms. The Bertz CT molecular complexity index is 1520. The van der Waals surface area contributed by atoms with Crippen LogP contribution in [0.1, 0.15) is 48.8 Å². The zero-order valence-electron chi connectivity index (χ0n) is 21.0. The van der Waals surface area contributed by atoms with Crippen molar-refractivity contribution >= 4 is 44.9 Å². The van der Waals surface area contributed by atoms with Gasteiger partial charge in [0, 0.05) is 35.9 Å². The third-order valence-corrected chi connectivity index (χ3v) is 8.17. The van der Waals surface area contributed by atoms with E-state index in [0.29, 0.717) is 51.3 Å². The van der Waals surface area contributed by atoms with E-state index in [2.05, 4.69) is 5.32 Å². The average molecular weight is 564 g/mol. The highest BCUT2D eigenvalue weighted by Crippen LogP contribution is 2.28. The lowest BCUT2D eigenvalue weighted by molar-refractivity contribution is 0.0629. The van der Waals surface area contributed by atoms with Gasteiger partial charge < -0.3 is 10.2 Å². The molecule has 0 aliphatic carbocycles. The molecule has 1 aromatic heterocycles. The maximum Gasteiger partial charge on any atom is 0.263 e. The Labute approximate surface area is 226 Å². The molecule has 1 aliphatic rings. The number of carbonyl (C=O) groups excluding carboxylic acids is 1. The van der Waals surface area contributed by atoms with Crippen molar-refractivity contribution in [1.29, 1.82) is 0 Å². The molecule has 0 bridgehead atoms. The lowest BCUT2D eigenvalue weighted by atomic mass is 9.95. The first-order valence-corrected chi connectivity index (χ1v) is 14.5. The van der Waals surface area contributed by atoms with Crippen LogP contribution in [0.3, 0.4) is 0 Å². The lowest BCUT2D eigenvalue weighted by Gasteiger charge is -2.36. The van der Waals surface area contributed by atoms with Crippen molar-refractivity contribution in [3.05, 3.63) is 79.7 Å². The number of anilines is 1. The van der Waals surface area contributed by atoms with Crippen LogP contribution in [0.15, 0.2) is 52.2 Å². The smallest absolute Gasteiger partial charge is 0.263 e. The molecule has 1 N–H and O–H groups in total. The van der Waals surface area contributed by atoms with Gasteiger partial charge in [-0.05, 0) is 62.7 Å². The molecule has 1 atom stereocenters. The molecule has 4 rings (SSSR count). The maximum absolute atomic E-state index is 13.8. The van der Waals surface area contributed by atoms with Crippen molar-refractivity contribution in [2.75, 3.05) is 11.6 Å². The molecule has 0 radical (unpaired) electrons. The molecule has 8 nitrogen and oxygen atoms in total. The molecule has 37 heavy (non-hydrogen) atoms. The molecule has 1 aliphatic heterocycles. The van der Waals surface area contributed by atoms with Crippen LogP contribution >= 0.6 is 23.2 Å². The molecule has 11 heteroatoms. The van der Waals surface area contributed by atoms with Gasteiger partial charge in [0.25, 0.3) is 11.5 Å². The number of fused-ring (bicyclic) bond motifs is 1. The Hall–Kier alpha value is -2.88. The summed E-state index contributed by atoms with van der Waals surface area (Å²) in [6, 6.07) is 10.7. The minimum absolute atomic E-state index is 0.0348. The topological polar surface area (TPSA) is 101 Å². The average Bonchev–Trinajstić information content (AvgIpc) is 2.84. The summed E-state index contributed by atoms with van der Waals surface area (Å²) in [6.45, 7) is 5.99. The van der Waals surface area contributed by atoms with Crippen molar-refractivity contribution < 1.29 is 13.2 Å². The largest absolute Gasteiger partial charge is 0.353 e. The first-order chi connectivity index (χ1) is 17.4. The fraction of sp³-hybridized carbons (Fsp3) is 0.346. The van der Waals surface area contributed by atoms with Crippen LogP contribution < -0.4 is 10.9 Å². The quantitative estimate of drug-likeness (QED) is 0.465. The van der Waals surface area contributed by atoms with E-state index in [0.717, 1.165) is 6.26 Å². The number of amides is 1. The van der Waals surface area contributed by atoms with Crippen LogP contribution in [0.2, 0.25) is 10.0 Å². The number of carbonyl (C=O) groups is 1. The number of hydrogen-bond donors (Lipinski definition) is 1. The molecular formula is C26H28Cl2N4O4S. The normalized spacial score (nSPS) is 15.5. The highest BCUT2D eigenvalue weighted by atomic mass is 35.5. The lowest BCUT2D eigenvalue weighted by Crippen LogP contribution is -2.47. The summed E-state index contributed by atoms with van der Waals surface area (Å²) in [7, 11) is -3.38. The van der Waals surface area contributed by atoms with Crippen LogP contribution in [0.25, 0.3) is 5.69 Å². The van der Waals surface area contributed by atoms with Crippen molar-refractivity contribution in [3.8, 4) is 5.69 Å². The van der Waals surface area contributed by atoms with Gasteiger partial charge in [0.2, 0.25) is 5.95 Å². The minimum Gasteiger partial charge on any atom is -0.353 e. The van der Waals surface area contributed by atoms with Crippen LogP contribution in [0, 0.1) is 0 Å². The first kappa shape index (κ1) is 27.2. The minimum atomic E-state index is -3.38. The summed E-state index contributed by atoms with van der Waals surface area (Å²) in [6.07, 6.45) is 2.12. The summed E-state index contributed by atoms with van der Waals surface area (Å²) in [4.78, 5) is 33.9. The number of sulfone groups is 1. The Morgan fingerprint density at radius 3 is 2.38 bits per heavy atom. The number of benzene rings is 2. The summed E-state index contributed by atoms with van der Waals surface area (Å²) in [5.41, 5.74) is 1.72. The number of halogens is 2. The third-order valence-electron chi connectivity index (χ3n) is 6.30. The van der Waals surface area contributed by atoms with E-state index >= 15 is 0 Å². The fourth-order valence-corrected chi connectivity index (χ4v) is 5.33. The number of aromatic nitrogens is 2. The molecule has 1 amide bonds. The molecule has 0 fully saturated rings. The van der Waals surface area contributed by atoms with Gasteiger partial charge in [0.1, 0.15) is 0 Å². The zero-order chi connectivity index (χ0) is 27.1. The van der Waals surface area contributed by atoms with Crippen molar-refractivity contribution in [1.82, 2.24) is 14.5 Å². The number of hydrogen-bond acceptors (Lipinski definition) is 6. The van der Waals surface area contributed by atoms with E-state index in [1.807, 2.05) is 20.8 Å². The van der Waals surface area contributed by atoms with Gasteiger partial charge in [-0.15, -0.1) is 0 Å². The Morgan fingerprint density at radius 2 is 1.81 bits per heavy atom. The van der Waals surface area contributed by atoms with Crippen LogP contribution in [-0.2, 0) is 22.8 Å².